The van der Waals surface area contributed by atoms with Gasteiger partial charge in [0.15, 0.2) is 8.32 Å². The molecule has 276 valence electrons. The Morgan fingerprint density at radius 3 is 2.00 bits per heavy atom. The molecule has 5 heteroatoms. The van der Waals surface area contributed by atoms with Crippen LogP contribution in [0.2, 0.25) is 23.2 Å². The first-order chi connectivity index (χ1) is 23.4. The predicted octanol–water partition coefficient (Wildman–Crippen LogP) is 11.2. The minimum Gasteiger partial charge on any atom is -0.416 e. The Balaban J connectivity index is 1.78. The quantitative estimate of drug-likeness (QED) is 0.136. The molecule has 0 saturated heterocycles. The molecular weight excluding hydrogens is 645 g/mol. The van der Waals surface area contributed by atoms with Crippen molar-refractivity contribution in [2.45, 2.75) is 131 Å². The maximum atomic E-state index is 11.6. The highest BCUT2D eigenvalue weighted by molar-refractivity contribution is 6.99. The smallest absolute Gasteiger partial charge is 0.261 e. The van der Waals surface area contributed by atoms with Gasteiger partial charge in [0.05, 0.1) is 6.61 Å². The van der Waals surface area contributed by atoms with E-state index < -0.39 is 16.6 Å². The van der Waals surface area contributed by atoms with Crippen molar-refractivity contribution in [3.8, 4) is 0 Å². The fourth-order valence-electron chi connectivity index (χ4n) is 8.87. The first-order valence-electron chi connectivity index (χ1n) is 19.6. The van der Waals surface area contributed by atoms with Gasteiger partial charge in [-0.2, -0.15) is 0 Å². The second-order valence-corrected chi connectivity index (χ2v) is 28.0. The molecule has 2 aliphatic carbocycles. The zero-order valence-corrected chi connectivity index (χ0v) is 35.8. The molecule has 3 nitrogen and oxygen atoms in total. The van der Waals surface area contributed by atoms with E-state index in [0.29, 0.717) is 42.6 Å². The summed E-state index contributed by atoms with van der Waals surface area (Å²) in [6, 6.07) is 22.1. The van der Waals surface area contributed by atoms with Gasteiger partial charge in [0.1, 0.15) is 6.29 Å². The van der Waals surface area contributed by atoms with Crippen LogP contribution >= 0.6 is 0 Å². The second kappa shape index (κ2) is 16.3. The molecule has 0 aliphatic heterocycles. The lowest BCUT2D eigenvalue weighted by Crippen LogP contribution is -2.66. The molecule has 1 saturated carbocycles. The monoisotopic (exact) mass is 714 g/mol. The number of benzene rings is 2. The van der Waals surface area contributed by atoms with Gasteiger partial charge in [-0.3, -0.25) is 0 Å². The Bertz CT molecular complexity index is 1410. The minimum absolute atomic E-state index is 0.0943. The van der Waals surface area contributed by atoms with Crippen LogP contribution in [0.25, 0.3) is 0 Å². The standard InChI is InChI=1S/C45H70O3Si2/c1-34(2)39-29-30-45(10,33-48-49(11,12)43(4,5)6)42(39)28-26-36(41-27-25-35(3)40(41)24-19-31-46)32-47-50(44(7,8)9,37-20-15-13-16-21-37)38-22-17-14-18-23-38/h13-18,20-23,26-27,31,34-35,39-40,42H,19,24-25,28-30,32-33H2,1-12H3/b36-26-/t35-,39+,40-,42-,45+/m0/s1. The van der Waals surface area contributed by atoms with E-state index in [2.05, 4.69) is 155 Å². The van der Waals surface area contributed by atoms with Crippen molar-refractivity contribution >= 4 is 33.3 Å². The third-order valence-electron chi connectivity index (χ3n) is 13.1. The Kier molecular flexibility index (Phi) is 13.3. The van der Waals surface area contributed by atoms with E-state index in [0.717, 1.165) is 32.2 Å². The van der Waals surface area contributed by atoms with Crippen LogP contribution in [-0.4, -0.2) is 36.1 Å². The summed E-state index contributed by atoms with van der Waals surface area (Å²) in [6.45, 7) is 30.1. The van der Waals surface area contributed by atoms with E-state index in [1.54, 1.807) is 0 Å². The number of carbonyl (C=O) groups is 1. The van der Waals surface area contributed by atoms with Crippen molar-refractivity contribution in [2.75, 3.05) is 13.2 Å². The summed E-state index contributed by atoms with van der Waals surface area (Å²) in [5, 5.41) is 2.73. The summed E-state index contributed by atoms with van der Waals surface area (Å²) in [5.74, 6) is 2.75. The van der Waals surface area contributed by atoms with Crippen LogP contribution in [0.15, 0.2) is 84.0 Å². The first kappa shape index (κ1) is 40.7. The van der Waals surface area contributed by atoms with Gasteiger partial charge in [0.2, 0.25) is 0 Å². The summed E-state index contributed by atoms with van der Waals surface area (Å²) in [7, 11) is -4.62. The topological polar surface area (TPSA) is 35.5 Å². The molecule has 0 bridgehead atoms. The first-order valence-corrected chi connectivity index (χ1v) is 24.4. The van der Waals surface area contributed by atoms with Crippen molar-refractivity contribution in [3.63, 3.8) is 0 Å². The van der Waals surface area contributed by atoms with E-state index in [9.17, 15) is 4.79 Å². The van der Waals surface area contributed by atoms with Crippen LogP contribution in [0.5, 0.6) is 0 Å². The number of hydrogen-bond donors (Lipinski definition) is 0. The maximum Gasteiger partial charge on any atom is 0.261 e. The molecule has 1 fully saturated rings. The number of aldehydes is 1. The molecule has 0 spiro atoms. The van der Waals surface area contributed by atoms with Crippen molar-refractivity contribution < 1.29 is 13.6 Å². The normalized spacial score (nSPS) is 25.3. The molecule has 0 heterocycles. The summed E-state index contributed by atoms with van der Waals surface area (Å²) in [6.07, 6.45) is 12.3. The predicted molar refractivity (Wildman–Crippen MR) is 219 cm³/mol. The zero-order chi connectivity index (χ0) is 37.0. The lowest BCUT2D eigenvalue weighted by atomic mass is 9.72. The summed E-state index contributed by atoms with van der Waals surface area (Å²) < 4.78 is 14.6. The van der Waals surface area contributed by atoms with Crippen molar-refractivity contribution in [1.29, 1.82) is 0 Å². The van der Waals surface area contributed by atoms with Gasteiger partial charge < -0.3 is 13.6 Å². The SMILES string of the molecule is CC(C)[C@H]1CC[C@](C)(CO[Si](C)(C)C(C)(C)C)[C@H]1C/C=C(/CO[Si](c1ccccc1)(c1ccccc1)C(C)(C)C)C1=CC[C@H](C)[C@@H]1CCC=O. The third kappa shape index (κ3) is 8.76. The van der Waals surface area contributed by atoms with Gasteiger partial charge >= 0.3 is 0 Å². The molecule has 0 amide bonds. The number of rotatable bonds is 15. The second-order valence-electron chi connectivity index (χ2n) is 18.9. The Hall–Kier alpha value is -2.06. The van der Waals surface area contributed by atoms with Crippen molar-refractivity contribution in [2.24, 2.45) is 35.0 Å². The van der Waals surface area contributed by atoms with Gasteiger partial charge in [0, 0.05) is 13.0 Å². The van der Waals surface area contributed by atoms with Crippen molar-refractivity contribution in [1.82, 2.24) is 0 Å². The molecule has 2 aliphatic rings. The molecule has 0 aromatic heterocycles. The largest absolute Gasteiger partial charge is 0.416 e. The fraction of sp³-hybridized carbons (Fsp3) is 0.622. The average Bonchev–Trinajstić information content (AvgIpc) is 3.59. The van der Waals surface area contributed by atoms with E-state index in [4.69, 9.17) is 8.85 Å². The highest BCUT2D eigenvalue weighted by Gasteiger charge is 2.51. The molecular formula is C45H70O3Si2. The van der Waals surface area contributed by atoms with E-state index in [-0.39, 0.29) is 15.5 Å². The molecule has 2 aromatic rings. The Labute approximate surface area is 309 Å². The van der Waals surface area contributed by atoms with Crippen LogP contribution in [0.1, 0.15) is 108 Å². The van der Waals surface area contributed by atoms with Gasteiger partial charge in [-0.15, -0.1) is 0 Å². The zero-order valence-electron chi connectivity index (χ0n) is 33.8. The summed E-state index contributed by atoms with van der Waals surface area (Å²) in [5.41, 5.74) is 2.91. The highest BCUT2D eigenvalue weighted by atomic mass is 28.4. The molecule has 0 N–H and O–H groups in total. The molecule has 5 atom stereocenters. The van der Waals surface area contributed by atoms with Crippen molar-refractivity contribution in [3.05, 3.63) is 84.0 Å². The maximum absolute atomic E-state index is 11.6. The average molecular weight is 715 g/mol. The third-order valence-corrected chi connectivity index (χ3v) is 22.6. The van der Waals surface area contributed by atoms with Gasteiger partial charge in [0.25, 0.3) is 8.32 Å². The van der Waals surface area contributed by atoms with E-state index >= 15 is 0 Å². The number of allylic oxidation sites excluding steroid dienone is 2. The van der Waals surface area contributed by atoms with Crippen LogP contribution < -0.4 is 10.4 Å². The van der Waals surface area contributed by atoms with Crippen LogP contribution in [-0.2, 0) is 13.6 Å². The van der Waals surface area contributed by atoms with Gasteiger partial charge in [-0.1, -0.05) is 142 Å². The lowest BCUT2D eigenvalue weighted by Gasteiger charge is -2.43. The van der Waals surface area contributed by atoms with Gasteiger partial charge in [-0.05, 0) is 112 Å². The van der Waals surface area contributed by atoms with Crippen LogP contribution in [0, 0.1) is 35.0 Å². The molecule has 2 aromatic carbocycles. The number of hydrogen-bond acceptors (Lipinski definition) is 3. The molecule has 0 unspecified atom stereocenters. The molecule has 4 rings (SSSR count). The van der Waals surface area contributed by atoms with E-state index in [1.165, 1.54) is 34.4 Å². The van der Waals surface area contributed by atoms with Crippen LogP contribution in [0.3, 0.4) is 0 Å². The molecule has 50 heavy (non-hydrogen) atoms. The molecule has 0 radical (unpaired) electrons. The Morgan fingerprint density at radius 2 is 1.50 bits per heavy atom. The van der Waals surface area contributed by atoms with Crippen LogP contribution in [0.4, 0.5) is 0 Å². The lowest BCUT2D eigenvalue weighted by molar-refractivity contribution is -0.108. The fourth-order valence-corrected chi connectivity index (χ4v) is 14.5. The minimum atomic E-state index is -2.74. The number of carbonyl (C=O) groups excluding carboxylic acids is 1. The van der Waals surface area contributed by atoms with Gasteiger partial charge in [-0.25, -0.2) is 0 Å². The highest BCUT2D eigenvalue weighted by Crippen LogP contribution is 2.53. The Morgan fingerprint density at radius 1 is 0.920 bits per heavy atom. The van der Waals surface area contributed by atoms with E-state index in [1.807, 2.05) is 0 Å². The summed E-state index contributed by atoms with van der Waals surface area (Å²) >= 11 is 0. The summed E-state index contributed by atoms with van der Waals surface area (Å²) in [4.78, 5) is 11.6.